The van der Waals surface area contributed by atoms with Crippen LogP contribution in [0.3, 0.4) is 0 Å². The number of fused-ring (bicyclic) bond motifs is 2. The third-order valence-corrected chi connectivity index (χ3v) is 10.2. The number of hydrogen-bond acceptors (Lipinski definition) is 15. The van der Waals surface area contributed by atoms with Gasteiger partial charge in [-0.3, -0.25) is 9.59 Å². The van der Waals surface area contributed by atoms with Crippen molar-refractivity contribution in [2.45, 2.75) is 19.6 Å². The van der Waals surface area contributed by atoms with Crippen LogP contribution in [-0.4, -0.2) is 63.7 Å². The Bertz CT molecular complexity index is 2540. The molecule has 0 saturated carbocycles. The predicted octanol–water partition coefficient (Wildman–Crippen LogP) is -10.3. The molecule has 0 aliphatic carbocycles. The Morgan fingerprint density at radius 3 is 1.06 bits per heavy atom. The molecule has 5 aromatic carbocycles. The van der Waals surface area contributed by atoms with Gasteiger partial charge < -0.3 is 34.6 Å². The van der Waals surface area contributed by atoms with Gasteiger partial charge in [0.15, 0.2) is 0 Å². The molecular formula is C28H17N3Na4O14S4. The molecule has 0 fully saturated rings. The van der Waals surface area contributed by atoms with E-state index < -0.39 is 71.9 Å². The molecule has 25 heteroatoms. The first-order valence-electron chi connectivity index (χ1n) is 13.0. The molecule has 53 heavy (non-hydrogen) atoms. The van der Waals surface area contributed by atoms with E-state index in [1.165, 1.54) is 0 Å². The van der Waals surface area contributed by atoms with Crippen LogP contribution >= 0.6 is 0 Å². The summed E-state index contributed by atoms with van der Waals surface area (Å²) in [5, 5.41) is 4.32. The first kappa shape index (κ1) is 50.0. The van der Waals surface area contributed by atoms with Crippen LogP contribution in [0.1, 0.15) is 20.7 Å². The number of nitrogens with two attached hydrogens (primary N) is 1. The summed E-state index contributed by atoms with van der Waals surface area (Å²) >= 11 is 0. The fourth-order valence-electron chi connectivity index (χ4n) is 4.75. The van der Waals surface area contributed by atoms with Crippen molar-refractivity contribution in [1.82, 2.24) is 0 Å². The Labute approximate surface area is 391 Å². The van der Waals surface area contributed by atoms with E-state index in [4.69, 9.17) is 5.73 Å². The molecule has 0 unspecified atom stereocenters. The van der Waals surface area contributed by atoms with Gasteiger partial charge in [-0.25, -0.2) is 33.7 Å². The standard InChI is InChI=1S/C28H21N3O14S4.4Na/c29-18-6-16(27(32)30-25-12-21(48(40,41)42)10-14-8-19(46(34,35)36)1-3-23(14)25)5-17(7-18)28(33)31-26-13-22(49(43,44)45)11-15-9-20(47(37,38)39)2-4-24(15)26;;;;/h1-13H,29H2,(H,30,32)(H,31,33)(H,34,35,36)(H,37,38,39)(H,40,41,42)(H,43,44,45);;;;/q;4*+1/p-4. The summed E-state index contributed by atoms with van der Waals surface area (Å²) in [5.74, 6) is -2.03. The average molecular weight is 840 g/mol. The van der Waals surface area contributed by atoms with Crippen LogP contribution in [0.5, 0.6) is 0 Å². The van der Waals surface area contributed by atoms with Crippen LogP contribution < -0.4 is 135 Å². The first-order valence-corrected chi connectivity index (χ1v) is 18.7. The number of carbonyl (C=O) groups is 2. The molecule has 0 heterocycles. The molecule has 0 radical (unpaired) electrons. The SMILES string of the molecule is Nc1cc(C(=O)Nc2cc(S(=O)(=O)[O-])cc3cc(S(=O)(=O)[O-])ccc23)cc(C(=O)Nc2cc(S(=O)(=O)[O-])cc3cc(S(=O)(=O)[O-])ccc23)c1.[Na+].[Na+].[Na+].[Na+]. The van der Waals surface area contributed by atoms with Gasteiger partial charge >= 0.3 is 118 Å². The van der Waals surface area contributed by atoms with Gasteiger partial charge in [-0.05, 0) is 77.5 Å². The van der Waals surface area contributed by atoms with Crippen molar-refractivity contribution in [3.63, 3.8) is 0 Å². The Kier molecular flexibility index (Phi) is 17.5. The van der Waals surface area contributed by atoms with Gasteiger partial charge in [-0.15, -0.1) is 0 Å². The van der Waals surface area contributed by atoms with Crippen LogP contribution in [0.15, 0.2) is 98.4 Å². The summed E-state index contributed by atoms with van der Waals surface area (Å²) in [7, 11) is -20.3. The quantitative estimate of drug-likeness (QED) is 0.0742. The van der Waals surface area contributed by atoms with E-state index in [1.807, 2.05) is 0 Å². The van der Waals surface area contributed by atoms with Crippen LogP contribution in [0.4, 0.5) is 17.1 Å². The van der Waals surface area contributed by atoms with Gasteiger partial charge in [0, 0.05) is 27.6 Å². The molecule has 0 bridgehead atoms. The minimum Gasteiger partial charge on any atom is -0.744 e. The summed E-state index contributed by atoms with van der Waals surface area (Å²) in [6, 6.07) is 12.0. The second-order valence-corrected chi connectivity index (χ2v) is 15.8. The molecule has 0 aliphatic heterocycles. The minimum absolute atomic E-state index is 0. The van der Waals surface area contributed by atoms with Gasteiger partial charge in [0.1, 0.15) is 40.5 Å². The maximum absolute atomic E-state index is 13.3. The Morgan fingerprint density at radius 1 is 0.453 bits per heavy atom. The third-order valence-electron chi connectivity index (χ3n) is 6.93. The Hall–Kier alpha value is -1.000. The van der Waals surface area contributed by atoms with Gasteiger partial charge in [-0.1, -0.05) is 12.1 Å². The fraction of sp³-hybridized carbons (Fsp3) is 0. The molecule has 0 spiro atoms. The van der Waals surface area contributed by atoms with Crippen LogP contribution in [0.2, 0.25) is 0 Å². The molecule has 0 saturated heterocycles. The number of hydrogen-bond donors (Lipinski definition) is 3. The van der Waals surface area contributed by atoms with E-state index >= 15 is 0 Å². The molecule has 256 valence electrons. The van der Waals surface area contributed by atoms with Crippen molar-refractivity contribution in [3.05, 3.63) is 90.0 Å². The van der Waals surface area contributed by atoms with Crippen molar-refractivity contribution >= 4 is 90.9 Å². The summed E-state index contributed by atoms with van der Waals surface area (Å²) in [6.07, 6.45) is 0. The molecule has 4 N–H and O–H groups in total. The zero-order valence-electron chi connectivity index (χ0n) is 27.9. The van der Waals surface area contributed by atoms with E-state index in [-0.39, 0.29) is 168 Å². The topological polar surface area (TPSA) is 313 Å². The number of nitrogen functional groups attached to an aromatic ring is 1. The van der Waals surface area contributed by atoms with Gasteiger partial charge in [0.05, 0.1) is 31.0 Å². The van der Waals surface area contributed by atoms with E-state index in [1.54, 1.807) is 0 Å². The maximum atomic E-state index is 13.3. The zero-order valence-corrected chi connectivity index (χ0v) is 39.2. The molecule has 17 nitrogen and oxygen atoms in total. The van der Waals surface area contributed by atoms with Crippen LogP contribution in [0.25, 0.3) is 21.5 Å². The molecule has 0 atom stereocenters. The van der Waals surface area contributed by atoms with Crippen molar-refractivity contribution in [1.29, 1.82) is 0 Å². The van der Waals surface area contributed by atoms with Crippen molar-refractivity contribution in [2.24, 2.45) is 0 Å². The Balaban J connectivity index is 0.00000351. The number of rotatable bonds is 8. The molecule has 5 aromatic rings. The average Bonchev–Trinajstić information content (AvgIpc) is 2.98. The summed E-state index contributed by atoms with van der Waals surface area (Å²) in [4.78, 5) is 23.4. The van der Waals surface area contributed by atoms with Gasteiger partial charge in [-0.2, -0.15) is 0 Å². The van der Waals surface area contributed by atoms with E-state index in [2.05, 4.69) is 10.6 Å². The monoisotopic (exact) mass is 839 g/mol. The van der Waals surface area contributed by atoms with E-state index in [9.17, 15) is 61.5 Å². The second-order valence-electron chi connectivity index (χ2n) is 10.3. The third kappa shape index (κ3) is 12.0. The fourth-order valence-corrected chi connectivity index (χ4v) is 6.83. The number of nitrogens with one attached hydrogen (secondary N) is 2. The van der Waals surface area contributed by atoms with E-state index in [0.29, 0.717) is 0 Å². The predicted molar refractivity (Wildman–Crippen MR) is 167 cm³/mol. The smallest absolute Gasteiger partial charge is 0.744 e. The number of carbonyl (C=O) groups excluding carboxylic acids is 2. The molecule has 5 rings (SSSR count). The van der Waals surface area contributed by atoms with Crippen LogP contribution in [-0.2, 0) is 40.5 Å². The summed E-state index contributed by atoms with van der Waals surface area (Å²) < 4.78 is 140. The molecule has 0 aliphatic rings. The largest absolute Gasteiger partial charge is 1.00 e. The van der Waals surface area contributed by atoms with Crippen LogP contribution in [0, 0.1) is 0 Å². The van der Waals surface area contributed by atoms with Gasteiger partial charge in [0.2, 0.25) is 0 Å². The molecular weight excluding hydrogens is 823 g/mol. The molecule has 0 aromatic heterocycles. The van der Waals surface area contributed by atoms with Gasteiger partial charge in [0.25, 0.3) is 11.8 Å². The van der Waals surface area contributed by atoms with Crippen molar-refractivity contribution < 1.29 is 180 Å². The normalized spacial score (nSPS) is 11.6. The summed E-state index contributed by atoms with van der Waals surface area (Å²) in [6.45, 7) is 0. The number of amides is 2. The zero-order chi connectivity index (χ0) is 36.3. The first-order chi connectivity index (χ1) is 22.5. The minimum atomic E-state index is -5.16. The van der Waals surface area contributed by atoms with Crippen molar-refractivity contribution in [2.75, 3.05) is 16.4 Å². The second kappa shape index (κ2) is 18.5. The Morgan fingerprint density at radius 2 is 0.755 bits per heavy atom. The summed E-state index contributed by atoms with van der Waals surface area (Å²) in [5.41, 5.74) is 4.53. The maximum Gasteiger partial charge on any atom is 1.00 e. The molecule has 2 amide bonds. The number of anilines is 3. The van der Waals surface area contributed by atoms with Crippen molar-refractivity contribution in [3.8, 4) is 0 Å². The van der Waals surface area contributed by atoms with E-state index in [0.717, 1.165) is 78.9 Å². The number of benzene rings is 5.